The van der Waals surface area contributed by atoms with Gasteiger partial charge in [0.05, 0.1) is 9.50 Å². The van der Waals surface area contributed by atoms with E-state index < -0.39 is 0 Å². The Morgan fingerprint density at radius 3 is 2.83 bits per heavy atom. The lowest BCUT2D eigenvalue weighted by Gasteiger charge is -2.06. The van der Waals surface area contributed by atoms with Crippen molar-refractivity contribution in [3.63, 3.8) is 0 Å². The van der Waals surface area contributed by atoms with Crippen LogP contribution in [0.4, 0.5) is 0 Å². The van der Waals surface area contributed by atoms with Crippen LogP contribution in [0.5, 0.6) is 11.6 Å². The molecular weight excluding hydrogens is 321 g/mol. The van der Waals surface area contributed by atoms with Gasteiger partial charge in [0.2, 0.25) is 5.88 Å². The van der Waals surface area contributed by atoms with E-state index in [0.717, 1.165) is 0 Å². The molecule has 0 aliphatic rings. The van der Waals surface area contributed by atoms with E-state index in [-0.39, 0.29) is 0 Å². The molecule has 0 bridgehead atoms. The highest BCUT2D eigenvalue weighted by molar-refractivity contribution is 9.10. The molecule has 3 rings (SSSR count). The Bertz CT molecular complexity index is 716. The second-order valence-electron chi connectivity index (χ2n) is 3.46. The zero-order valence-electron chi connectivity index (χ0n) is 8.80. The summed E-state index contributed by atoms with van der Waals surface area (Å²) >= 11 is 9.13. The molecule has 0 unspecified atom stereocenters. The first-order valence-electron chi connectivity index (χ1n) is 4.93. The van der Waals surface area contributed by atoms with E-state index in [1.54, 1.807) is 24.3 Å². The van der Waals surface area contributed by atoms with Crippen molar-refractivity contribution >= 4 is 38.6 Å². The average Bonchev–Trinajstić information content (AvgIpc) is 2.80. The van der Waals surface area contributed by atoms with Crippen molar-refractivity contribution in [1.82, 2.24) is 15.3 Å². The first-order chi connectivity index (χ1) is 8.72. The van der Waals surface area contributed by atoms with Crippen LogP contribution < -0.4 is 4.74 Å². The molecule has 18 heavy (non-hydrogen) atoms. The first kappa shape index (κ1) is 11.4. The third-order valence-electron chi connectivity index (χ3n) is 2.21. The SMILES string of the molecule is Clc1cnc(Oc2ccc3nonc3c2)c(Br)c1. The first-order valence-corrected chi connectivity index (χ1v) is 6.11. The van der Waals surface area contributed by atoms with Crippen LogP contribution in [0.2, 0.25) is 5.02 Å². The molecule has 0 radical (unpaired) electrons. The molecule has 0 atom stereocenters. The lowest BCUT2D eigenvalue weighted by Crippen LogP contribution is -1.89. The highest BCUT2D eigenvalue weighted by atomic mass is 79.9. The molecule has 2 heterocycles. The van der Waals surface area contributed by atoms with Crippen LogP contribution in [0.1, 0.15) is 0 Å². The molecule has 0 saturated carbocycles. The van der Waals surface area contributed by atoms with Crippen LogP contribution in [0.3, 0.4) is 0 Å². The van der Waals surface area contributed by atoms with Gasteiger partial charge in [-0.1, -0.05) is 11.6 Å². The van der Waals surface area contributed by atoms with E-state index in [0.29, 0.717) is 32.2 Å². The summed E-state index contributed by atoms with van der Waals surface area (Å²) in [5, 5.41) is 7.98. The van der Waals surface area contributed by atoms with Gasteiger partial charge in [-0.25, -0.2) is 9.61 Å². The van der Waals surface area contributed by atoms with Crippen molar-refractivity contribution in [3.8, 4) is 11.6 Å². The van der Waals surface area contributed by atoms with E-state index in [4.69, 9.17) is 16.3 Å². The summed E-state index contributed by atoms with van der Waals surface area (Å²) < 4.78 is 10.9. The molecular formula is C11H5BrClN3O2. The van der Waals surface area contributed by atoms with Gasteiger partial charge in [0.25, 0.3) is 0 Å². The van der Waals surface area contributed by atoms with Crippen molar-refractivity contribution < 1.29 is 9.37 Å². The topological polar surface area (TPSA) is 61.0 Å². The normalized spacial score (nSPS) is 10.8. The minimum atomic E-state index is 0.426. The lowest BCUT2D eigenvalue weighted by molar-refractivity contribution is 0.315. The van der Waals surface area contributed by atoms with Gasteiger partial charge in [0, 0.05) is 12.3 Å². The summed E-state index contributed by atoms with van der Waals surface area (Å²) in [6, 6.07) is 6.94. The second kappa shape index (κ2) is 4.55. The number of pyridine rings is 1. The molecule has 3 aromatic rings. The fraction of sp³-hybridized carbons (Fsp3) is 0. The van der Waals surface area contributed by atoms with Gasteiger partial charge in [-0.2, -0.15) is 0 Å². The van der Waals surface area contributed by atoms with E-state index >= 15 is 0 Å². The molecule has 2 aromatic heterocycles. The maximum absolute atomic E-state index is 5.80. The van der Waals surface area contributed by atoms with Crippen LogP contribution in [0.15, 0.2) is 39.6 Å². The number of aromatic nitrogens is 3. The molecule has 0 saturated heterocycles. The number of fused-ring (bicyclic) bond motifs is 1. The van der Waals surface area contributed by atoms with Crippen molar-refractivity contribution in [1.29, 1.82) is 0 Å². The summed E-state index contributed by atoms with van der Waals surface area (Å²) in [5.41, 5.74) is 1.29. The predicted octanol–water partition coefficient (Wildman–Crippen LogP) is 3.83. The molecule has 0 aliphatic heterocycles. The number of rotatable bonds is 2. The molecule has 0 fully saturated rings. The van der Waals surface area contributed by atoms with Gasteiger partial charge in [-0.3, -0.25) is 0 Å². The Morgan fingerprint density at radius 2 is 2.00 bits per heavy atom. The third kappa shape index (κ3) is 2.16. The highest BCUT2D eigenvalue weighted by Crippen LogP contribution is 2.30. The Morgan fingerprint density at radius 1 is 1.17 bits per heavy atom. The molecule has 1 aromatic carbocycles. The summed E-state index contributed by atoms with van der Waals surface area (Å²) in [5.74, 6) is 1.02. The van der Waals surface area contributed by atoms with Crippen LogP contribution in [-0.2, 0) is 0 Å². The standard InChI is InChI=1S/C11H5BrClN3O2/c12-8-3-6(13)5-14-11(8)17-7-1-2-9-10(4-7)16-18-15-9/h1-5H. The molecule has 0 aliphatic carbocycles. The van der Waals surface area contributed by atoms with Crippen molar-refractivity contribution in [2.45, 2.75) is 0 Å². The van der Waals surface area contributed by atoms with E-state index in [1.165, 1.54) is 6.20 Å². The maximum Gasteiger partial charge on any atom is 0.233 e. The third-order valence-corrected chi connectivity index (χ3v) is 2.99. The monoisotopic (exact) mass is 325 g/mol. The van der Waals surface area contributed by atoms with Gasteiger partial charge in [0.15, 0.2) is 0 Å². The van der Waals surface area contributed by atoms with Gasteiger partial charge < -0.3 is 4.74 Å². The fourth-order valence-electron chi connectivity index (χ4n) is 1.41. The number of halogens is 2. The Balaban J connectivity index is 1.95. The molecule has 7 heteroatoms. The van der Waals surface area contributed by atoms with Gasteiger partial charge in [-0.15, -0.1) is 0 Å². The summed E-state index contributed by atoms with van der Waals surface area (Å²) in [4.78, 5) is 4.08. The largest absolute Gasteiger partial charge is 0.438 e. The van der Waals surface area contributed by atoms with Crippen molar-refractivity contribution in [2.75, 3.05) is 0 Å². The smallest absolute Gasteiger partial charge is 0.233 e. The number of ether oxygens (including phenoxy) is 1. The number of hydrogen-bond donors (Lipinski definition) is 0. The number of nitrogens with zero attached hydrogens (tertiary/aromatic N) is 3. The van der Waals surface area contributed by atoms with Crippen LogP contribution in [0.25, 0.3) is 11.0 Å². The van der Waals surface area contributed by atoms with E-state index in [2.05, 4.69) is 35.9 Å². The quantitative estimate of drug-likeness (QED) is 0.716. The minimum absolute atomic E-state index is 0.426. The van der Waals surface area contributed by atoms with Crippen molar-refractivity contribution in [3.05, 3.63) is 40.0 Å². The van der Waals surface area contributed by atoms with Crippen LogP contribution >= 0.6 is 27.5 Å². The van der Waals surface area contributed by atoms with E-state index in [1.807, 2.05) is 0 Å². The Hall–Kier alpha value is -1.66. The van der Waals surface area contributed by atoms with Crippen LogP contribution in [0, 0.1) is 0 Å². The zero-order chi connectivity index (χ0) is 12.5. The molecule has 0 N–H and O–H groups in total. The Kier molecular flexibility index (Phi) is 2.89. The lowest BCUT2D eigenvalue weighted by atomic mass is 10.3. The zero-order valence-corrected chi connectivity index (χ0v) is 11.1. The van der Waals surface area contributed by atoms with Crippen LogP contribution in [-0.4, -0.2) is 15.3 Å². The predicted molar refractivity (Wildman–Crippen MR) is 68.8 cm³/mol. The minimum Gasteiger partial charge on any atom is -0.438 e. The highest BCUT2D eigenvalue weighted by Gasteiger charge is 2.07. The molecule has 90 valence electrons. The maximum atomic E-state index is 5.80. The number of benzene rings is 1. The van der Waals surface area contributed by atoms with E-state index in [9.17, 15) is 0 Å². The van der Waals surface area contributed by atoms with Gasteiger partial charge >= 0.3 is 0 Å². The van der Waals surface area contributed by atoms with Crippen molar-refractivity contribution in [2.24, 2.45) is 0 Å². The van der Waals surface area contributed by atoms with Gasteiger partial charge in [0.1, 0.15) is 16.8 Å². The van der Waals surface area contributed by atoms with Gasteiger partial charge in [-0.05, 0) is 44.4 Å². The molecule has 0 spiro atoms. The average molecular weight is 327 g/mol. The molecule has 0 amide bonds. The fourth-order valence-corrected chi connectivity index (χ4v) is 2.13. The molecule has 5 nitrogen and oxygen atoms in total. The number of hydrogen-bond acceptors (Lipinski definition) is 5. The summed E-state index contributed by atoms with van der Waals surface area (Å²) in [6.45, 7) is 0. The summed E-state index contributed by atoms with van der Waals surface area (Å²) in [6.07, 6.45) is 1.51. The summed E-state index contributed by atoms with van der Waals surface area (Å²) in [7, 11) is 0. The second-order valence-corrected chi connectivity index (χ2v) is 4.75. The Labute approximate surface area is 115 Å².